The Morgan fingerprint density at radius 2 is 2.00 bits per heavy atom. The molecule has 0 spiro atoms. The highest BCUT2D eigenvalue weighted by Crippen LogP contribution is 2.18. The van der Waals surface area contributed by atoms with Gasteiger partial charge in [-0.3, -0.25) is 0 Å². The zero-order valence-electron chi connectivity index (χ0n) is 9.88. The Balaban J connectivity index is 2.64. The molecule has 0 saturated heterocycles. The number of hydrogen-bond donors (Lipinski definition) is 2. The Morgan fingerprint density at radius 1 is 1.33 bits per heavy atom. The van der Waals surface area contributed by atoms with Gasteiger partial charge in [-0.1, -0.05) is 24.3 Å². The smallest absolute Gasteiger partial charge is 0.0672 e. The zero-order valence-corrected chi connectivity index (χ0v) is 9.88. The van der Waals surface area contributed by atoms with Crippen LogP contribution in [0.15, 0.2) is 24.3 Å². The third kappa shape index (κ3) is 4.02. The molecule has 84 valence electrons. The van der Waals surface area contributed by atoms with Crippen LogP contribution in [0.4, 0.5) is 0 Å². The van der Waals surface area contributed by atoms with E-state index in [1.165, 1.54) is 11.1 Å². The fourth-order valence-electron chi connectivity index (χ4n) is 1.70. The minimum absolute atomic E-state index is 0.616. The molecule has 0 bridgehead atoms. The van der Waals surface area contributed by atoms with Crippen molar-refractivity contribution in [3.05, 3.63) is 35.4 Å². The van der Waals surface area contributed by atoms with Crippen LogP contribution in [0, 0.1) is 6.92 Å². The van der Waals surface area contributed by atoms with Crippen molar-refractivity contribution >= 4 is 0 Å². The highest BCUT2D eigenvalue weighted by molar-refractivity contribution is 5.26. The van der Waals surface area contributed by atoms with Gasteiger partial charge in [0.05, 0.1) is 5.60 Å². The van der Waals surface area contributed by atoms with Crippen molar-refractivity contribution in [1.82, 2.24) is 5.32 Å². The van der Waals surface area contributed by atoms with Crippen molar-refractivity contribution in [2.24, 2.45) is 0 Å². The molecule has 0 fully saturated rings. The number of nitrogens with one attached hydrogen (secondary N) is 1. The molecule has 1 unspecified atom stereocenters. The predicted octanol–water partition coefficient (Wildman–Crippen LogP) is 1.90. The van der Waals surface area contributed by atoms with E-state index in [2.05, 4.69) is 24.4 Å². The standard InChI is InChI=1S/C13H21NO/c1-11-6-4-5-7-12(11)10-13(2,15)8-9-14-3/h4-7,14-15H,8-10H2,1-3H3. The van der Waals surface area contributed by atoms with Crippen molar-refractivity contribution in [3.8, 4) is 0 Å². The first kappa shape index (κ1) is 12.2. The summed E-state index contributed by atoms with van der Waals surface area (Å²) in [6, 6.07) is 8.23. The van der Waals surface area contributed by atoms with Crippen LogP contribution >= 0.6 is 0 Å². The molecule has 0 radical (unpaired) electrons. The van der Waals surface area contributed by atoms with Gasteiger partial charge < -0.3 is 10.4 Å². The molecular formula is C13H21NO. The average molecular weight is 207 g/mol. The quantitative estimate of drug-likeness (QED) is 0.773. The van der Waals surface area contributed by atoms with Gasteiger partial charge in [-0.25, -0.2) is 0 Å². The first-order valence-electron chi connectivity index (χ1n) is 5.47. The monoisotopic (exact) mass is 207 g/mol. The molecule has 2 nitrogen and oxygen atoms in total. The Morgan fingerprint density at radius 3 is 2.60 bits per heavy atom. The third-order valence-electron chi connectivity index (χ3n) is 2.75. The van der Waals surface area contributed by atoms with Gasteiger partial charge in [-0.2, -0.15) is 0 Å². The molecule has 0 aliphatic heterocycles. The molecule has 0 saturated carbocycles. The molecular weight excluding hydrogens is 186 g/mol. The Labute approximate surface area is 92.3 Å². The normalized spacial score (nSPS) is 14.9. The molecule has 15 heavy (non-hydrogen) atoms. The Kier molecular flexibility index (Phi) is 4.30. The second kappa shape index (κ2) is 5.29. The number of rotatable bonds is 5. The molecule has 1 atom stereocenters. The molecule has 2 N–H and O–H groups in total. The van der Waals surface area contributed by atoms with E-state index in [1.807, 2.05) is 26.1 Å². The van der Waals surface area contributed by atoms with Crippen LogP contribution in [-0.2, 0) is 6.42 Å². The summed E-state index contributed by atoms with van der Waals surface area (Å²) in [5.41, 5.74) is 1.87. The summed E-state index contributed by atoms with van der Waals surface area (Å²) < 4.78 is 0. The summed E-state index contributed by atoms with van der Waals surface area (Å²) >= 11 is 0. The van der Waals surface area contributed by atoms with Crippen molar-refractivity contribution in [2.45, 2.75) is 32.3 Å². The van der Waals surface area contributed by atoms with Gasteiger partial charge in [0.25, 0.3) is 0 Å². The summed E-state index contributed by atoms with van der Waals surface area (Å²) in [6.07, 6.45) is 1.50. The topological polar surface area (TPSA) is 32.3 Å². The van der Waals surface area contributed by atoms with E-state index in [-0.39, 0.29) is 0 Å². The minimum atomic E-state index is -0.616. The Hall–Kier alpha value is -0.860. The van der Waals surface area contributed by atoms with E-state index < -0.39 is 5.60 Å². The zero-order chi connectivity index (χ0) is 11.3. The molecule has 0 heterocycles. The van der Waals surface area contributed by atoms with Gasteiger partial charge in [-0.05, 0) is 45.0 Å². The van der Waals surface area contributed by atoms with E-state index in [0.29, 0.717) is 0 Å². The van der Waals surface area contributed by atoms with Crippen molar-refractivity contribution < 1.29 is 5.11 Å². The van der Waals surface area contributed by atoms with Gasteiger partial charge >= 0.3 is 0 Å². The van der Waals surface area contributed by atoms with Crippen LogP contribution in [0.25, 0.3) is 0 Å². The molecule has 2 heteroatoms. The molecule has 0 amide bonds. The highest BCUT2D eigenvalue weighted by Gasteiger charge is 2.20. The second-order valence-electron chi connectivity index (χ2n) is 4.45. The SMILES string of the molecule is CNCCC(C)(O)Cc1ccccc1C. The number of aliphatic hydroxyl groups is 1. The lowest BCUT2D eigenvalue weighted by Crippen LogP contribution is -2.31. The van der Waals surface area contributed by atoms with Crippen LogP contribution in [0.3, 0.4) is 0 Å². The first-order chi connectivity index (χ1) is 7.05. The van der Waals surface area contributed by atoms with Crippen LogP contribution in [0.2, 0.25) is 0 Å². The average Bonchev–Trinajstić information content (AvgIpc) is 2.18. The maximum Gasteiger partial charge on any atom is 0.0672 e. The maximum atomic E-state index is 10.2. The van der Waals surface area contributed by atoms with E-state index in [0.717, 1.165) is 19.4 Å². The van der Waals surface area contributed by atoms with Gasteiger partial charge in [0.2, 0.25) is 0 Å². The maximum absolute atomic E-state index is 10.2. The van der Waals surface area contributed by atoms with Gasteiger partial charge in [0, 0.05) is 6.42 Å². The van der Waals surface area contributed by atoms with Crippen molar-refractivity contribution in [2.75, 3.05) is 13.6 Å². The van der Waals surface area contributed by atoms with E-state index >= 15 is 0 Å². The van der Waals surface area contributed by atoms with Gasteiger partial charge in [0.15, 0.2) is 0 Å². The Bertz CT molecular complexity index is 307. The second-order valence-corrected chi connectivity index (χ2v) is 4.45. The third-order valence-corrected chi connectivity index (χ3v) is 2.75. The van der Waals surface area contributed by atoms with Gasteiger partial charge in [0.1, 0.15) is 0 Å². The number of benzene rings is 1. The van der Waals surface area contributed by atoms with Crippen LogP contribution < -0.4 is 5.32 Å². The molecule has 1 aromatic rings. The van der Waals surface area contributed by atoms with E-state index in [9.17, 15) is 5.11 Å². The van der Waals surface area contributed by atoms with Crippen LogP contribution in [0.1, 0.15) is 24.5 Å². The summed E-state index contributed by atoms with van der Waals surface area (Å²) in [4.78, 5) is 0. The fourth-order valence-corrected chi connectivity index (χ4v) is 1.70. The highest BCUT2D eigenvalue weighted by atomic mass is 16.3. The number of hydrogen-bond acceptors (Lipinski definition) is 2. The van der Waals surface area contributed by atoms with Crippen LogP contribution in [-0.4, -0.2) is 24.3 Å². The number of aryl methyl sites for hydroxylation is 1. The molecule has 0 aromatic heterocycles. The minimum Gasteiger partial charge on any atom is -0.390 e. The molecule has 0 aliphatic rings. The lowest BCUT2D eigenvalue weighted by molar-refractivity contribution is 0.0519. The van der Waals surface area contributed by atoms with Gasteiger partial charge in [-0.15, -0.1) is 0 Å². The van der Waals surface area contributed by atoms with Crippen molar-refractivity contribution in [1.29, 1.82) is 0 Å². The summed E-state index contributed by atoms with van der Waals surface area (Å²) in [5.74, 6) is 0. The molecule has 1 rings (SSSR count). The van der Waals surface area contributed by atoms with E-state index in [4.69, 9.17) is 0 Å². The fraction of sp³-hybridized carbons (Fsp3) is 0.538. The summed E-state index contributed by atoms with van der Waals surface area (Å²) in [7, 11) is 1.91. The molecule has 1 aromatic carbocycles. The van der Waals surface area contributed by atoms with Crippen molar-refractivity contribution in [3.63, 3.8) is 0 Å². The van der Waals surface area contributed by atoms with E-state index in [1.54, 1.807) is 0 Å². The molecule has 0 aliphatic carbocycles. The van der Waals surface area contributed by atoms with Crippen LogP contribution in [0.5, 0.6) is 0 Å². The summed E-state index contributed by atoms with van der Waals surface area (Å²) in [5, 5.41) is 13.2. The predicted molar refractivity (Wildman–Crippen MR) is 64.1 cm³/mol. The lowest BCUT2D eigenvalue weighted by atomic mass is 9.91. The lowest BCUT2D eigenvalue weighted by Gasteiger charge is -2.24. The largest absolute Gasteiger partial charge is 0.390 e. The summed E-state index contributed by atoms with van der Waals surface area (Å²) in [6.45, 7) is 4.83. The first-order valence-corrected chi connectivity index (χ1v) is 5.47.